The fourth-order valence-electron chi connectivity index (χ4n) is 2.81. The third-order valence-corrected chi connectivity index (χ3v) is 5.33. The zero-order valence-electron chi connectivity index (χ0n) is 16.6. The van der Waals surface area contributed by atoms with Crippen molar-refractivity contribution >= 4 is 21.6 Å². The van der Waals surface area contributed by atoms with E-state index in [0.29, 0.717) is 18.0 Å². The number of sulfonamides is 1. The van der Waals surface area contributed by atoms with Gasteiger partial charge in [-0.3, -0.25) is 9.10 Å². The topological polar surface area (TPSA) is 75.7 Å². The van der Waals surface area contributed by atoms with Crippen LogP contribution in [0, 0.1) is 0 Å². The van der Waals surface area contributed by atoms with E-state index in [1.54, 1.807) is 24.3 Å². The van der Waals surface area contributed by atoms with Crippen molar-refractivity contribution in [3.05, 3.63) is 60.2 Å². The first kappa shape index (κ1) is 21.8. The first-order chi connectivity index (χ1) is 13.3. The summed E-state index contributed by atoms with van der Waals surface area (Å²) in [6.45, 7) is 4.11. The number of carbonyl (C=O) groups excluding carboxylic acids is 1. The Morgan fingerprint density at radius 3 is 2.32 bits per heavy atom. The Kier molecular flexibility index (Phi) is 7.87. The number of amides is 1. The van der Waals surface area contributed by atoms with E-state index < -0.39 is 10.0 Å². The summed E-state index contributed by atoms with van der Waals surface area (Å²) < 4.78 is 31.2. The number of anilines is 1. The molecule has 28 heavy (non-hydrogen) atoms. The number of nitrogens with zero attached hydrogens (tertiary/aromatic N) is 1. The van der Waals surface area contributed by atoms with E-state index in [2.05, 4.69) is 5.32 Å². The Hall–Kier alpha value is -2.54. The lowest BCUT2D eigenvalue weighted by Crippen LogP contribution is -2.43. The third-order valence-electron chi connectivity index (χ3n) is 4.19. The van der Waals surface area contributed by atoms with Gasteiger partial charge in [0.1, 0.15) is 18.9 Å². The molecule has 0 bridgehead atoms. The minimum atomic E-state index is -3.60. The maximum Gasteiger partial charge on any atom is 0.240 e. The molecule has 0 aliphatic carbocycles. The number of hydrogen-bond donors (Lipinski definition) is 1. The second-order valence-electron chi connectivity index (χ2n) is 6.80. The van der Waals surface area contributed by atoms with Gasteiger partial charge in [0, 0.05) is 6.04 Å². The van der Waals surface area contributed by atoms with Crippen LogP contribution in [0.4, 0.5) is 5.69 Å². The minimum Gasteiger partial charge on any atom is -0.489 e. The number of benzene rings is 2. The molecular formula is C21H28N2O4S. The molecule has 2 aromatic carbocycles. The van der Waals surface area contributed by atoms with Crippen LogP contribution in [0.15, 0.2) is 54.6 Å². The summed E-state index contributed by atoms with van der Waals surface area (Å²) in [6, 6.07) is 16.5. The van der Waals surface area contributed by atoms with Gasteiger partial charge in [-0.25, -0.2) is 8.42 Å². The fourth-order valence-corrected chi connectivity index (χ4v) is 3.66. The van der Waals surface area contributed by atoms with E-state index in [1.807, 2.05) is 44.2 Å². The van der Waals surface area contributed by atoms with Crippen molar-refractivity contribution in [2.75, 3.05) is 17.1 Å². The Morgan fingerprint density at radius 1 is 1.11 bits per heavy atom. The largest absolute Gasteiger partial charge is 0.489 e. The Bertz CT molecular complexity index is 852. The van der Waals surface area contributed by atoms with Crippen molar-refractivity contribution < 1.29 is 17.9 Å². The summed E-state index contributed by atoms with van der Waals surface area (Å²) >= 11 is 0. The first-order valence-electron chi connectivity index (χ1n) is 9.33. The van der Waals surface area contributed by atoms with Crippen molar-refractivity contribution in [2.24, 2.45) is 0 Å². The third kappa shape index (κ3) is 6.88. The van der Waals surface area contributed by atoms with E-state index in [1.165, 1.54) is 0 Å². The van der Waals surface area contributed by atoms with Crippen molar-refractivity contribution in [3.8, 4) is 5.75 Å². The highest BCUT2D eigenvalue weighted by Crippen LogP contribution is 2.22. The van der Waals surface area contributed by atoms with Crippen LogP contribution in [0.3, 0.4) is 0 Å². The molecule has 0 saturated carbocycles. The maximum atomic E-state index is 12.2. The number of rotatable bonds is 10. The van der Waals surface area contributed by atoms with Crippen molar-refractivity contribution in [3.63, 3.8) is 0 Å². The highest BCUT2D eigenvalue weighted by Gasteiger charge is 2.21. The number of nitrogens with one attached hydrogen (secondary N) is 1. The molecule has 1 amide bonds. The van der Waals surface area contributed by atoms with Gasteiger partial charge in [0.05, 0.1) is 11.9 Å². The molecule has 0 saturated heterocycles. The van der Waals surface area contributed by atoms with Gasteiger partial charge in [0.2, 0.25) is 15.9 Å². The molecule has 1 N–H and O–H groups in total. The van der Waals surface area contributed by atoms with E-state index in [-0.39, 0.29) is 18.5 Å². The van der Waals surface area contributed by atoms with Crippen molar-refractivity contribution in [2.45, 2.75) is 39.3 Å². The molecule has 0 heterocycles. The monoisotopic (exact) mass is 404 g/mol. The summed E-state index contributed by atoms with van der Waals surface area (Å²) in [5, 5.41) is 2.83. The van der Waals surface area contributed by atoms with Crippen LogP contribution in [-0.4, -0.2) is 33.2 Å². The molecule has 0 fully saturated rings. The molecule has 2 rings (SSSR count). The highest BCUT2D eigenvalue weighted by atomic mass is 32.2. The molecule has 0 unspecified atom stereocenters. The molecule has 0 aromatic heterocycles. The minimum absolute atomic E-state index is 0.00710. The van der Waals surface area contributed by atoms with Gasteiger partial charge in [0.15, 0.2) is 0 Å². The zero-order chi connectivity index (χ0) is 20.6. The van der Waals surface area contributed by atoms with Crippen LogP contribution in [0.5, 0.6) is 5.75 Å². The van der Waals surface area contributed by atoms with Gasteiger partial charge < -0.3 is 10.1 Å². The molecule has 0 spiro atoms. The standard InChI is InChI=1S/C21H28N2O4S/c1-4-8-17(2)22-21(24)15-23(28(3,25)26)19-11-13-20(14-12-19)27-16-18-9-6-5-7-10-18/h5-7,9-14,17H,4,8,15-16H2,1-3H3,(H,22,24)/t17-/m0/s1. The summed E-state index contributed by atoms with van der Waals surface area (Å²) in [4.78, 5) is 12.2. The second kappa shape index (κ2) is 10.1. The lowest BCUT2D eigenvalue weighted by molar-refractivity contribution is -0.120. The van der Waals surface area contributed by atoms with Gasteiger partial charge in [0.25, 0.3) is 0 Å². The van der Waals surface area contributed by atoms with Crippen LogP contribution in [0.1, 0.15) is 32.3 Å². The van der Waals surface area contributed by atoms with Gasteiger partial charge in [-0.2, -0.15) is 0 Å². The number of carbonyl (C=O) groups is 1. The van der Waals surface area contributed by atoms with Crippen LogP contribution < -0.4 is 14.4 Å². The van der Waals surface area contributed by atoms with Crippen LogP contribution in [0.25, 0.3) is 0 Å². The quantitative estimate of drug-likeness (QED) is 0.659. The van der Waals surface area contributed by atoms with E-state index in [0.717, 1.165) is 29.0 Å². The van der Waals surface area contributed by atoms with Crippen LogP contribution in [-0.2, 0) is 21.4 Å². The lowest BCUT2D eigenvalue weighted by Gasteiger charge is -2.23. The summed E-state index contributed by atoms with van der Waals surface area (Å²) in [5.41, 5.74) is 1.47. The predicted molar refractivity (Wildman–Crippen MR) is 112 cm³/mol. The van der Waals surface area contributed by atoms with E-state index >= 15 is 0 Å². The lowest BCUT2D eigenvalue weighted by atomic mass is 10.2. The normalized spacial score (nSPS) is 12.2. The van der Waals surface area contributed by atoms with Crippen molar-refractivity contribution in [1.29, 1.82) is 0 Å². The average molecular weight is 405 g/mol. The Labute approximate surface area is 167 Å². The smallest absolute Gasteiger partial charge is 0.240 e. The van der Waals surface area contributed by atoms with Gasteiger partial charge in [-0.05, 0) is 43.2 Å². The molecule has 2 aromatic rings. The molecular weight excluding hydrogens is 376 g/mol. The summed E-state index contributed by atoms with van der Waals surface area (Å²) in [7, 11) is -3.60. The highest BCUT2D eigenvalue weighted by molar-refractivity contribution is 7.92. The SMILES string of the molecule is CCC[C@H](C)NC(=O)CN(c1ccc(OCc2ccccc2)cc1)S(C)(=O)=O. The Morgan fingerprint density at radius 2 is 1.75 bits per heavy atom. The molecule has 152 valence electrons. The first-order valence-corrected chi connectivity index (χ1v) is 11.2. The fraction of sp³-hybridized carbons (Fsp3) is 0.381. The predicted octanol–water partition coefficient (Wildman–Crippen LogP) is 3.34. The molecule has 0 aliphatic heterocycles. The van der Waals surface area contributed by atoms with Gasteiger partial charge in [-0.15, -0.1) is 0 Å². The maximum absolute atomic E-state index is 12.2. The van der Waals surface area contributed by atoms with Gasteiger partial charge >= 0.3 is 0 Å². The van der Waals surface area contributed by atoms with Crippen LogP contribution >= 0.6 is 0 Å². The van der Waals surface area contributed by atoms with Crippen LogP contribution in [0.2, 0.25) is 0 Å². The summed E-state index contributed by atoms with van der Waals surface area (Å²) in [6.07, 6.45) is 2.88. The van der Waals surface area contributed by atoms with E-state index in [4.69, 9.17) is 4.74 Å². The molecule has 0 radical (unpaired) electrons. The number of ether oxygens (including phenoxy) is 1. The molecule has 0 aliphatic rings. The molecule has 1 atom stereocenters. The number of hydrogen-bond acceptors (Lipinski definition) is 4. The second-order valence-corrected chi connectivity index (χ2v) is 8.70. The molecule has 6 nitrogen and oxygen atoms in total. The average Bonchev–Trinajstić information content (AvgIpc) is 2.65. The van der Waals surface area contributed by atoms with E-state index in [9.17, 15) is 13.2 Å². The Balaban J connectivity index is 2.04. The van der Waals surface area contributed by atoms with Gasteiger partial charge in [-0.1, -0.05) is 43.7 Å². The summed E-state index contributed by atoms with van der Waals surface area (Å²) in [5.74, 6) is 0.304. The zero-order valence-corrected chi connectivity index (χ0v) is 17.4. The van der Waals surface area contributed by atoms with Crippen molar-refractivity contribution in [1.82, 2.24) is 5.32 Å². The molecule has 7 heteroatoms.